The van der Waals surface area contributed by atoms with Crippen LogP contribution in [0.3, 0.4) is 0 Å². The summed E-state index contributed by atoms with van der Waals surface area (Å²) in [7, 11) is -3.47. The van der Waals surface area contributed by atoms with Crippen LogP contribution in [0.25, 0.3) is 0 Å². The zero-order valence-corrected chi connectivity index (χ0v) is 23.8. The molecule has 0 spiro atoms. The number of sulfone groups is 1. The molecular weight excluding hydrogens is 517 g/mol. The van der Waals surface area contributed by atoms with Crippen LogP contribution in [-0.4, -0.2) is 42.6 Å². The highest BCUT2D eigenvalue weighted by Gasteiger charge is 2.52. The van der Waals surface area contributed by atoms with E-state index in [2.05, 4.69) is 0 Å². The van der Waals surface area contributed by atoms with Crippen molar-refractivity contribution in [2.75, 3.05) is 5.75 Å². The van der Waals surface area contributed by atoms with Crippen molar-refractivity contribution in [2.24, 2.45) is 11.3 Å². The van der Waals surface area contributed by atoms with Gasteiger partial charge in [0.05, 0.1) is 22.5 Å². The van der Waals surface area contributed by atoms with E-state index in [1.54, 1.807) is 43.9 Å². The molecule has 196 valence electrons. The van der Waals surface area contributed by atoms with Crippen LogP contribution in [0.15, 0.2) is 48.5 Å². The highest BCUT2D eigenvalue weighted by atomic mass is 35.5. The number of amides is 1. The van der Waals surface area contributed by atoms with Gasteiger partial charge in [0.15, 0.2) is 9.84 Å². The monoisotopic (exact) mass is 551 g/mol. The van der Waals surface area contributed by atoms with E-state index >= 15 is 0 Å². The van der Waals surface area contributed by atoms with E-state index < -0.39 is 32.6 Å². The van der Waals surface area contributed by atoms with Crippen molar-refractivity contribution >= 4 is 45.2 Å². The highest BCUT2D eigenvalue weighted by molar-refractivity contribution is 7.92. The lowest BCUT2D eigenvalue weighted by Gasteiger charge is -2.52. The van der Waals surface area contributed by atoms with Crippen LogP contribution in [0.2, 0.25) is 10.0 Å². The quantitative estimate of drug-likeness (QED) is 0.333. The van der Waals surface area contributed by atoms with Crippen LogP contribution in [0, 0.1) is 11.3 Å². The molecule has 2 aromatic carbocycles. The van der Waals surface area contributed by atoms with Crippen LogP contribution in [0.5, 0.6) is 0 Å². The summed E-state index contributed by atoms with van der Waals surface area (Å²) in [5.74, 6) is -0.714. The summed E-state index contributed by atoms with van der Waals surface area (Å²) in [5.41, 5.74) is 0.816. The van der Waals surface area contributed by atoms with Gasteiger partial charge in [-0.05, 0) is 61.6 Å². The van der Waals surface area contributed by atoms with E-state index in [0.717, 1.165) is 17.4 Å². The van der Waals surface area contributed by atoms with Crippen molar-refractivity contribution in [1.29, 1.82) is 0 Å². The first-order valence-electron chi connectivity index (χ1n) is 12.3. The molecule has 36 heavy (non-hydrogen) atoms. The molecular formula is C28H35Cl2NO4S. The highest BCUT2D eigenvalue weighted by Crippen LogP contribution is 2.52. The Morgan fingerprint density at radius 2 is 1.67 bits per heavy atom. The second kappa shape index (κ2) is 11.2. The lowest BCUT2D eigenvalue weighted by Crippen LogP contribution is -2.58. The third-order valence-electron chi connectivity index (χ3n) is 7.37. The molecule has 0 bridgehead atoms. The second-order valence-electron chi connectivity index (χ2n) is 10.7. The minimum atomic E-state index is -3.47. The minimum absolute atomic E-state index is 0.0501. The molecule has 8 heteroatoms. The SMILES string of the molecule is CC(C)C(CS(=O)(=O)C(C)C)N1C(=O)[C@@](C)(CC=O)C[C@H](c2cccc(Cl)c2)[C@H]1c1ccc(Cl)cc1. The molecule has 0 aromatic heterocycles. The van der Waals surface area contributed by atoms with Crippen molar-refractivity contribution in [3.8, 4) is 0 Å². The summed E-state index contributed by atoms with van der Waals surface area (Å²) in [6.45, 7) is 9.00. The van der Waals surface area contributed by atoms with Crippen LogP contribution in [-0.2, 0) is 19.4 Å². The fourth-order valence-electron chi connectivity index (χ4n) is 5.14. The normalized spacial score (nSPS) is 23.8. The van der Waals surface area contributed by atoms with Gasteiger partial charge >= 0.3 is 0 Å². The van der Waals surface area contributed by atoms with Gasteiger partial charge in [0.25, 0.3) is 0 Å². The molecule has 1 saturated heterocycles. The molecule has 5 nitrogen and oxygen atoms in total. The summed E-state index contributed by atoms with van der Waals surface area (Å²) >= 11 is 12.6. The van der Waals surface area contributed by atoms with Gasteiger partial charge in [-0.1, -0.05) is 68.2 Å². The predicted molar refractivity (Wildman–Crippen MR) is 146 cm³/mol. The maximum absolute atomic E-state index is 14.3. The first-order chi connectivity index (χ1) is 16.8. The summed E-state index contributed by atoms with van der Waals surface area (Å²) < 4.78 is 26.3. The van der Waals surface area contributed by atoms with Gasteiger partial charge in [-0.25, -0.2) is 8.42 Å². The predicted octanol–water partition coefficient (Wildman–Crippen LogP) is 6.49. The lowest BCUT2D eigenvalue weighted by molar-refractivity contribution is -0.156. The molecule has 4 atom stereocenters. The van der Waals surface area contributed by atoms with E-state index in [1.165, 1.54) is 0 Å². The molecule has 0 aliphatic carbocycles. The Hall–Kier alpha value is -1.89. The van der Waals surface area contributed by atoms with Crippen molar-refractivity contribution < 1.29 is 18.0 Å². The maximum atomic E-state index is 14.3. The number of likely N-dealkylation sites (tertiary alicyclic amines) is 1. The Bertz CT molecular complexity index is 1200. The van der Waals surface area contributed by atoms with Crippen molar-refractivity contribution in [1.82, 2.24) is 4.90 Å². The number of halogens is 2. The maximum Gasteiger partial charge on any atom is 0.229 e. The largest absolute Gasteiger partial charge is 0.330 e. The first-order valence-corrected chi connectivity index (χ1v) is 14.8. The van der Waals surface area contributed by atoms with Gasteiger partial charge < -0.3 is 9.69 Å². The van der Waals surface area contributed by atoms with Crippen LogP contribution < -0.4 is 0 Å². The number of benzene rings is 2. The number of rotatable bonds is 9. The van der Waals surface area contributed by atoms with E-state index in [9.17, 15) is 18.0 Å². The van der Waals surface area contributed by atoms with Gasteiger partial charge in [-0.15, -0.1) is 0 Å². The number of aldehydes is 1. The van der Waals surface area contributed by atoms with Gasteiger partial charge in [-0.2, -0.15) is 0 Å². The van der Waals surface area contributed by atoms with Crippen molar-refractivity contribution in [3.05, 3.63) is 69.7 Å². The molecule has 1 fully saturated rings. The molecule has 1 heterocycles. The Kier molecular flexibility index (Phi) is 8.95. The molecule has 1 aliphatic rings. The Morgan fingerprint density at radius 3 is 2.19 bits per heavy atom. The molecule has 1 unspecified atom stereocenters. The Labute approximate surface area is 225 Å². The average molecular weight is 553 g/mol. The fraction of sp³-hybridized carbons (Fsp3) is 0.500. The molecule has 1 aliphatic heterocycles. The molecule has 1 amide bonds. The van der Waals surface area contributed by atoms with Gasteiger partial charge in [0, 0.05) is 28.4 Å². The Balaban J connectivity index is 2.29. The number of carbonyl (C=O) groups excluding carboxylic acids is 2. The molecule has 2 aromatic rings. The number of nitrogens with zero attached hydrogens (tertiary/aromatic N) is 1. The van der Waals surface area contributed by atoms with E-state index in [4.69, 9.17) is 23.2 Å². The smallest absolute Gasteiger partial charge is 0.229 e. The first kappa shape index (κ1) is 28.7. The lowest BCUT2D eigenvalue weighted by atomic mass is 9.67. The van der Waals surface area contributed by atoms with Crippen molar-refractivity contribution in [2.45, 2.75) is 70.7 Å². The molecule has 0 N–H and O–H groups in total. The summed E-state index contributed by atoms with van der Waals surface area (Å²) in [6.07, 6.45) is 1.26. The minimum Gasteiger partial charge on any atom is -0.330 e. The molecule has 0 radical (unpaired) electrons. The molecule has 3 rings (SSSR count). The second-order valence-corrected chi connectivity index (χ2v) is 14.2. The standard InChI is InChI=1S/C28H35Cl2NO4S/c1-18(2)25(17-36(34,35)19(3)4)31-26(20-9-11-22(29)12-10-20)24(21-7-6-8-23(30)15-21)16-28(5,13-14-32)27(31)33/h6-12,14-15,18-19,24-26H,13,16-17H2,1-5H3/t24-,25?,26-,28+/m1/s1. The van der Waals surface area contributed by atoms with E-state index in [-0.39, 0.29) is 29.9 Å². The summed E-state index contributed by atoms with van der Waals surface area (Å²) in [4.78, 5) is 27.7. The number of hydrogen-bond acceptors (Lipinski definition) is 4. The third kappa shape index (κ3) is 5.98. The summed E-state index contributed by atoms with van der Waals surface area (Å²) in [5, 5.41) is 0.573. The van der Waals surface area contributed by atoms with Crippen LogP contribution in [0.1, 0.15) is 70.5 Å². The van der Waals surface area contributed by atoms with Gasteiger partial charge in [-0.3, -0.25) is 4.79 Å². The number of piperidine rings is 1. The van der Waals surface area contributed by atoms with E-state index in [0.29, 0.717) is 16.5 Å². The van der Waals surface area contributed by atoms with Crippen LogP contribution in [0.4, 0.5) is 0 Å². The zero-order chi connectivity index (χ0) is 26.8. The Morgan fingerprint density at radius 1 is 1.03 bits per heavy atom. The van der Waals surface area contributed by atoms with Crippen LogP contribution >= 0.6 is 23.2 Å². The molecule has 0 saturated carbocycles. The van der Waals surface area contributed by atoms with Gasteiger partial charge in [0.2, 0.25) is 5.91 Å². The number of carbonyl (C=O) groups is 2. The van der Waals surface area contributed by atoms with Gasteiger partial charge in [0.1, 0.15) is 6.29 Å². The average Bonchev–Trinajstić information content (AvgIpc) is 2.80. The van der Waals surface area contributed by atoms with E-state index in [1.807, 2.05) is 44.2 Å². The van der Waals surface area contributed by atoms with Crippen molar-refractivity contribution in [3.63, 3.8) is 0 Å². The fourth-order valence-corrected chi connectivity index (χ4v) is 6.87. The number of hydrogen-bond donors (Lipinski definition) is 0. The summed E-state index contributed by atoms with van der Waals surface area (Å²) in [6, 6.07) is 13.8. The third-order valence-corrected chi connectivity index (χ3v) is 10.1. The zero-order valence-electron chi connectivity index (χ0n) is 21.4. The topological polar surface area (TPSA) is 71.5 Å².